The Labute approximate surface area is 154 Å². The largest absolute Gasteiger partial charge is 0.354 e. The molecule has 1 saturated heterocycles. The third kappa shape index (κ3) is 5.66. The van der Waals surface area contributed by atoms with Crippen molar-refractivity contribution in [1.82, 2.24) is 20.4 Å². The Balaban J connectivity index is 1.58. The zero-order chi connectivity index (χ0) is 19.1. The lowest BCUT2D eigenvalue weighted by molar-refractivity contribution is -0.137. The number of carbonyl (C=O) groups excluding carboxylic acids is 4. The molecule has 144 valence electrons. The lowest BCUT2D eigenvalue weighted by atomic mass is 9.97. The number of piperidine rings is 1. The second-order valence-electron chi connectivity index (χ2n) is 6.91. The fourth-order valence-corrected chi connectivity index (χ4v) is 3.37. The van der Waals surface area contributed by atoms with Crippen molar-refractivity contribution in [2.75, 3.05) is 26.2 Å². The van der Waals surface area contributed by atoms with Gasteiger partial charge in [-0.25, -0.2) is 0 Å². The molecule has 8 nitrogen and oxygen atoms in total. The van der Waals surface area contributed by atoms with Crippen molar-refractivity contribution < 1.29 is 19.2 Å². The van der Waals surface area contributed by atoms with Gasteiger partial charge in [-0.3, -0.25) is 29.0 Å². The van der Waals surface area contributed by atoms with Gasteiger partial charge in [-0.1, -0.05) is 6.42 Å². The van der Waals surface area contributed by atoms with Crippen LogP contribution in [0.25, 0.3) is 0 Å². The molecule has 4 amide bonds. The molecule has 0 aromatic heterocycles. The lowest BCUT2D eigenvalue weighted by Gasteiger charge is -2.38. The van der Waals surface area contributed by atoms with Crippen LogP contribution in [0, 0.1) is 0 Å². The fourth-order valence-electron chi connectivity index (χ4n) is 3.37. The van der Waals surface area contributed by atoms with Crippen LogP contribution in [0.4, 0.5) is 0 Å². The monoisotopic (exact) mass is 364 g/mol. The first-order valence-corrected chi connectivity index (χ1v) is 9.21. The molecule has 2 N–H and O–H groups in total. The van der Waals surface area contributed by atoms with Crippen molar-refractivity contribution in [3.63, 3.8) is 0 Å². The van der Waals surface area contributed by atoms with E-state index in [-0.39, 0.29) is 49.7 Å². The highest BCUT2D eigenvalue weighted by molar-refractivity contribution is 6.12. The average Bonchev–Trinajstić information content (AvgIpc) is 2.90. The molecule has 2 heterocycles. The van der Waals surface area contributed by atoms with E-state index in [1.54, 1.807) is 0 Å². The van der Waals surface area contributed by atoms with Gasteiger partial charge in [0.1, 0.15) is 0 Å². The predicted molar refractivity (Wildman–Crippen MR) is 96.0 cm³/mol. The van der Waals surface area contributed by atoms with Gasteiger partial charge in [0.05, 0.1) is 6.54 Å². The number of nitrogens with one attached hydrogen (secondary N) is 2. The standard InChI is InChI=1S/C18H28N4O4/c1-13-4-3-5-14(2)22(13)12-16(24)19-9-8-15(23)20-10-11-21-17(25)6-7-18(21)26/h6-7,13-14H,3-5,8-12H2,1-2H3,(H,19,24)(H,20,23). The van der Waals surface area contributed by atoms with Crippen LogP contribution in [0.3, 0.4) is 0 Å². The quantitative estimate of drug-likeness (QED) is 0.581. The smallest absolute Gasteiger partial charge is 0.253 e. The normalized spacial score (nSPS) is 23.4. The van der Waals surface area contributed by atoms with Crippen LogP contribution in [0.15, 0.2) is 12.2 Å². The molecule has 0 spiro atoms. The van der Waals surface area contributed by atoms with Gasteiger partial charge >= 0.3 is 0 Å². The van der Waals surface area contributed by atoms with E-state index in [9.17, 15) is 19.2 Å². The highest BCUT2D eigenvalue weighted by Gasteiger charge is 2.26. The SMILES string of the molecule is CC1CCCC(C)N1CC(=O)NCCC(=O)NCCN1C(=O)C=CC1=O. The van der Waals surface area contributed by atoms with Crippen molar-refractivity contribution >= 4 is 23.6 Å². The number of likely N-dealkylation sites (tertiary alicyclic amines) is 1. The van der Waals surface area contributed by atoms with Crippen LogP contribution in [0.2, 0.25) is 0 Å². The number of amides is 4. The van der Waals surface area contributed by atoms with E-state index in [0.717, 1.165) is 17.7 Å². The molecular weight excluding hydrogens is 336 g/mol. The molecule has 0 radical (unpaired) electrons. The number of imide groups is 1. The van der Waals surface area contributed by atoms with Crippen LogP contribution in [-0.4, -0.2) is 71.7 Å². The molecule has 2 rings (SSSR count). The number of hydrogen-bond acceptors (Lipinski definition) is 5. The Morgan fingerprint density at radius 3 is 2.19 bits per heavy atom. The Morgan fingerprint density at radius 1 is 1.00 bits per heavy atom. The van der Waals surface area contributed by atoms with E-state index in [4.69, 9.17) is 0 Å². The minimum absolute atomic E-state index is 0.0715. The summed E-state index contributed by atoms with van der Waals surface area (Å²) in [6.07, 6.45) is 6.00. The number of rotatable bonds is 8. The highest BCUT2D eigenvalue weighted by atomic mass is 16.2. The van der Waals surface area contributed by atoms with E-state index in [2.05, 4.69) is 29.4 Å². The molecule has 2 unspecified atom stereocenters. The summed E-state index contributed by atoms with van der Waals surface area (Å²) in [4.78, 5) is 49.9. The van der Waals surface area contributed by atoms with Gasteiger partial charge in [0.25, 0.3) is 11.8 Å². The summed E-state index contributed by atoms with van der Waals surface area (Å²) in [6.45, 7) is 5.26. The third-order valence-corrected chi connectivity index (χ3v) is 4.93. The van der Waals surface area contributed by atoms with Crippen LogP contribution in [-0.2, 0) is 19.2 Å². The van der Waals surface area contributed by atoms with Crippen molar-refractivity contribution in [1.29, 1.82) is 0 Å². The Morgan fingerprint density at radius 2 is 1.58 bits per heavy atom. The molecule has 0 saturated carbocycles. The number of hydrogen-bond donors (Lipinski definition) is 2. The second kappa shape index (κ2) is 9.47. The Kier molecular flexibility index (Phi) is 7.32. The number of carbonyl (C=O) groups is 4. The minimum Gasteiger partial charge on any atom is -0.354 e. The van der Waals surface area contributed by atoms with Gasteiger partial charge in [0.15, 0.2) is 0 Å². The van der Waals surface area contributed by atoms with E-state index >= 15 is 0 Å². The van der Waals surface area contributed by atoms with Gasteiger partial charge in [0, 0.05) is 50.3 Å². The fraction of sp³-hybridized carbons (Fsp3) is 0.667. The minimum atomic E-state index is -0.363. The van der Waals surface area contributed by atoms with Crippen molar-refractivity contribution in [2.45, 2.75) is 51.6 Å². The van der Waals surface area contributed by atoms with E-state index < -0.39 is 0 Å². The maximum atomic E-state index is 12.1. The summed E-state index contributed by atoms with van der Waals surface area (Å²) in [7, 11) is 0. The molecule has 0 aromatic rings. The zero-order valence-electron chi connectivity index (χ0n) is 15.5. The van der Waals surface area contributed by atoms with Crippen LogP contribution >= 0.6 is 0 Å². The van der Waals surface area contributed by atoms with Gasteiger partial charge in [-0.2, -0.15) is 0 Å². The van der Waals surface area contributed by atoms with Crippen LogP contribution in [0.1, 0.15) is 39.5 Å². The Bertz CT molecular complexity index is 562. The molecule has 8 heteroatoms. The maximum Gasteiger partial charge on any atom is 0.253 e. The molecular formula is C18H28N4O4. The third-order valence-electron chi connectivity index (χ3n) is 4.93. The first-order valence-electron chi connectivity index (χ1n) is 9.21. The predicted octanol–water partition coefficient (Wildman–Crippen LogP) is -0.203. The maximum absolute atomic E-state index is 12.1. The van der Waals surface area contributed by atoms with Crippen molar-refractivity contribution in [3.8, 4) is 0 Å². The van der Waals surface area contributed by atoms with E-state index in [1.165, 1.54) is 18.6 Å². The van der Waals surface area contributed by atoms with Gasteiger partial charge in [-0.05, 0) is 26.7 Å². The van der Waals surface area contributed by atoms with Crippen molar-refractivity contribution in [3.05, 3.63) is 12.2 Å². The van der Waals surface area contributed by atoms with Crippen molar-refractivity contribution in [2.24, 2.45) is 0 Å². The summed E-state index contributed by atoms with van der Waals surface area (Å²) in [5.74, 6) is -1.02. The molecule has 0 aliphatic carbocycles. The van der Waals surface area contributed by atoms with Crippen LogP contribution < -0.4 is 10.6 Å². The van der Waals surface area contributed by atoms with E-state index in [1.807, 2.05) is 0 Å². The van der Waals surface area contributed by atoms with Gasteiger partial charge in [-0.15, -0.1) is 0 Å². The molecule has 0 bridgehead atoms. The lowest BCUT2D eigenvalue weighted by Crippen LogP contribution is -2.49. The average molecular weight is 364 g/mol. The summed E-state index contributed by atoms with van der Waals surface area (Å²) in [5, 5.41) is 5.42. The first-order chi connectivity index (χ1) is 12.4. The highest BCUT2D eigenvalue weighted by Crippen LogP contribution is 2.21. The second-order valence-corrected chi connectivity index (χ2v) is 6.91. The Hall–Kier alpha value is -2.22. The topological polar surface area (TPSA) is 98.8 Å². The van der Waals surface area contributed by atoms with Gasteiger partial charge < -0.3 is 10.6 Å². The molecule has 2 atom stereocenters. The molecule has 1 fully saturated rings. The number of nitrogens with zero attached hydrogens (tertiary/aromatic N) is 2. The molecule has 26 heavy (non-hydrogen) atoms. The molecule has 0 aromatic carbocycles. The molecule has 2 aliphatic rings. The summed E-state index contributed by atoms with van der Waals surface area (Å²) < 4.78 is 0. The van der Waals surface area contributed by atoms with E-state index in [0.29, 0.717) is 18.6 Å². The summed E-state index contributed by atoms with van der Waals surface area (Å²) in [5.41, 5.74) is 0. The first kappa shape index (κ1) is 20.1. The summed E-state index contributed by atoms with van der Waals surface area (Å²) >= 11 is 0. The molecule has 2 aliphatic heterocycles. The summed E-state index contributed by atoms with van der Waals surface area (Å²) in [6, 6.07) is 0.802. The van der Waals surface area contributed by atoms with Crippen LogP contribution in [0.5, 0.6) is 0 Å². The van der Waals surface area contributed by atoms with Gasteiger partial charge in [0.2, 0.25) is 11.8 Å². The zero-order valence-corrected chi connectivity index (χ0v) is 15.5.